The van der Waals surface area contributed by atoms with Gasteiger partial charge in [-0.3, -0.25) is 9.69 Å². The van der Waals surface area contributed by atoms with Gasteiger partial charge in [0.15, 0.2) is 0 Å². The van der Waals surface area contributed by atoms with Gasteiger partial charge in [0, 0.05) is 26.2 Å². The standard InChI is InChI=1S/C19H29N3O3/c1-14(2)13-16(19(24)25)20-18(23)17(15-7-5-4-6-8-15)22-11-9-21(3)10-12-22/h4-8,14,16-17H,9-13H2,1-3H3,(H,20,23)(H,24,25)/t16-,17?/m1/s1. The maximum Gasteiger partial charge on any atom is 0.326 e. The first kappa shape index (κ1) is 19.4. The third-order valence-corrected chi connectivity index (χ3v) is 4.59. The molecule has 1 fully saturated rings. The Hall–Kier alpha value is -1.92. The van der Waals surface area contributed by atoms with Crippen LogP contribution in [0.3, 0.4) is 0 Å². The Labute approximate surface area is 149 Å². The summed E-state index contributed by atoms with van der Waals surface area (Å²) in [6.45, 7) is 7.27. The van der Waals surface area contributed by atoms with Crippen molar-refractivity contribution in [3.05, 3.63) is 35.9 Å². The van der Waals surface area contributed by atoms with Crippen molar-refractivity contribution in [3.8, 4) is 0 Å². The van der Waals surface area contributed by atoms with Gasteiger partial charge in [-0.15, -0.1) is 0 Å². The molecular weight excluding hydrogens is 318 g/mol. The van der Waals surface area contributed by atoms with Crippen molar-refractivity contribution in [1.82, 2.24) is 15.1 Å². The van der Waals surface area contributed by atoms with Crippen LogP contribution in [0, 0.1) is 5.92 Å². The number of likely N-dealkylation sites (N-methyl/N-ethyl adjacent to an activating group) is 1. The van der Waals surface area contributed by atoms with Gasteiger partial charge in [0.1, 0.15) is 12.1 Å². The first-order chi connectivity index (χ1) is 11.9. The number of carboxylic acids is 1. The number of carbonyl (C=O) groups is 2. The van der Waals surface area contributed by atoms with Crippen LogP contribution in [0.1, 0.15) is 31.9 Å². The van der Waals surface area contributed by atoms with E-state index in [-0.39, 0.29) is 11.8 Å². The van der Waals surface area contributed by atoms with Crippen LogP contribution in [0.5, 0.6) is 0 Å². The molecule has 0 bridgehead atoms. The second-order valence-electron chi connectivity index (χ2n) is 7.18. The van der Waals surface area contributed by atoms with E-state index in [0.29, 0.717) is 6.42 Å². The van der Waals surface area contributed by atoms with Gasteiger partial charge < -0.3 is 15.3 Å². The molecule has 138 valence electrons. The topological polar surface area (TPSA) is 72.9 Å². The van der Waals surface area contributed by atoms with Crippen LogP contribution in [-0.4, -0.2) is 66.1 Å². The van der Waals surface area contributed by atoms with E-state index >= 15 is 0 Å². The summed E-state index contributed by atoms with van der Waals surface area (Å²) in [5, 5.41) is 12.2. The lowest BCUT2D eigenvalue weighted by atomic mass is 10.0. The lowest BCUT2D eigenvalue weighted by molar-refractivity contribution is -0.143. The molecule has 2 N–H and O–H groups in total. The number of nitrogens with one attached hydrogen (secondary N) is 1. The van der Waals surface area contributed by atoms with Gasteiger partial charge in [-0.2, -0.15) is 0 Å². The summed E-state index contributed by atoms with van der Waals surface area (Å²) in [5.41, 5.74) is 0.901. The lowest BCUT2D eigenvalue weighted by Gasteiger charge is -2.37. The molecule has 0 aliphatic carbocycles. The van der Waals surface area contributed by atoms with Crippen LogP contribution >= 0.6 is 0 Å². The smallest absolute Gasteiger partial charge is 0.326 e. The molecule has 1 amide bonds. The number of amides is 1. The zero-order valence-corrected chi connectivity index (χ0v) is 15.3. The molecule has 0 saturated carbocycles. The van der Waals surface area contributed by atoms with Gasteiger partial charge in [0.2, 0.25) is 5.91 Å². The largest absolute Gasteiger partial charge is 0.480 e. The summed E-state index contributed by atoms with van der Waals surface area (Å²) in [6, 6.07) is 8.29. The molecule has 0 radical (unpaired) electrons. The van der Waals surface area contributed by atoms with Gasteiger partial charge >= 0.3 is 5.97 Å². The number of piperazine rings is 1. The van der Waals surface area contributed by atoms with Crippen LogP contribution in [0.15, 0.2) is 30.3 Å². The van der Waals surface area contributed by atoms with Crippen molar-refractivity contribution in [1.29, 1.82) is 0 Å². The molecule has 1 unspecified atom stereocenters. The van der Waals surface area contributed by atoms with Crippen LogP contribution in [0.4, 0.5) is 0 Å². The first-order valence-electron chi connectivity index (χ1n) is 8.89. The van der Waals surface area contributed by atoms with E-state index in [1.807, 2.05) is 44.2 Å². The molecule has 1 saturated heterocycles. The molecule has 1 aliphatic heterocycles. The Morgan fingerprint density at radius 1 is 1.12 bits per heavy atom. The van der Waals surface area contributed by atoms with Crippen molar-refractivity contribution in [2.24, 2.45) is 5.92 Å². The fourth-order valence-corrected chi connectivity index (χ4v) is 3.19. The summed E-state index contributed by atoms with van der Waals surface area (Å²) in [4.78, 5) is 28.9. The summed E-state index contributed by atoms with van der Waals surface area (Å²) in [7, 11) is 2.07. The molecule has 2 atom stereocenters. The fourth-order valence-electron chi connectivity index (χ4n) is 3.19. The molecule has 0 aromatic heterocycles. The Kier molecular flexibility index (Phi) is 6.96. The molecule has 1 aromatic carbocycles. The second-order valence-corrected chi connectivity index (χ2v) is 7.18. The molecular formula is C19H29N3O3. The molecule has 2 rings (SSSR count). The monoisotopic (exact) mass is 347 g/mol. The molecule has 1 aromatic rings. The first-order valence-corrected chi connectivity index (χ1v) is 8.89. The van der Waals surface area contributed by atoms with Gasteiger partial charge in [0.05, 0.1) is 0 Å². The Morgan fingerprint density at radius 3 is 2.24 bits per heavy atom. The Bertz CT molecular complexity index is 569. The summed E-state index contributed by atoms with van der Waals surface area (Å²) < 4.78 is 0. The SMILES string of the molecule is CC(C)C[C@@H](NC(=O)C(c1ccccc1)N1CCN(C)CC1)C(=O)O. The summed E-state index contributed by atoms with van der Waals surface area (Å²) in [5.74, 6) is -1.02. The molecule has 6 nitrogen and oxygen atoms in total. The normalized spacial score (nSPS) is 18.7. The van der Waals surface area contributed by atoms with E-state index < -0.39 is 18.1 Å². The van der Waals surface area contributed by atoms with Crippen molar-refractivity contribution >= 4 is 11.9 Å². The zero-order valence-electron chi connectivity index (χ0n) is 15.3. The predicted molar refractivity (Wildman–Crippen MR) is 97.3 cm³/mol. The molecule has 0 spiro atoms. The molecule has 1 heterocycles. The van der Waals surface area contributed by atoms with Gasteiger partial charge in [-0.05, 0) is 24.9 Å². The summed E-state index contributed by atoms with van der Waals surface area (Å²) in [6.07, 6.45) is 0.422. The average Bonchev–Trinajstić information content (AvgIpc) is 2.57. The number of rotatable bonds is 7. The van der Waals surface area contributed by atoms with Crippen LogP contribution < -0.4 is 5.32 Å². The number of nitrogens with zero attached hydrogens (tertiary/aromatic N) is 2. The quantitative estimate of drug-likeness (QED) is 0.784. The maximum absolute atomic E-state index is 13.0. The second kappa shape index (κ2) is 8.97. The average molecular weight is 347 g/mol. The van der Waals surface area contributed by atoms with Gasteiger partial charge in [-0.1, -0.05) is 44.2 Å². The third-order valence-electron chi connectivity index (χ3n) is 4.59. The lowest BCUT2D eigenvalue weighted by Crippen LogP contribution is -2.52. The van der Waals surface area contributed by atoms with E-state index in [4.69, 9.17) is 0 Å². The van der Waals surface area contributed by atoms with Crippen LogP contribution in [-0.2, 0) is 9.59 Å². The Balaban J connectivity index is 2.19. The Morgan fingerprint density at radius 2 is 1.72 bits per heavy atom. The van der Waals surface area contributed by atoms with E-state index in [2.05, 4.69) is 22.2 Å². The number of carbonyl (C=O) groups excluding carboxylic acids is 1. The number of hydrogen-bond donors (Lipinski definition) is 2. The van der Waals surface area contributed by atoms with Crippen LogP contribution in [0.25, 0.3) is 0 Å². The highest BCUT2D eigenvalue weighted by Gasteiger charge is 2.32. The predicted octanol–water partition coefficient (Wildman–Crippen LogP) is 1.59. The zero-order chi connectivity index (χ0) is 18.4. The van der Waals surface area contributed by atoms with Gasteiger partial charge in [-0.25, -0.2) is 4.79 Å². The molecule has 1 aliphatic rings. The number of carboxylic acid groups (broad SMARTS) is 1. The minimum absolute atomic E-state index is 0.195. The van der Waals surface area contributed by atoms with E-state index in [1.54, 1.807) is 0 Å². The highest BCUT2D eigenvalue weighted by atomic mass is 16.4. The minimum atomic E-state index is -0.979. The van der Waals surface area contributed by atoms with E-state index in [0.717, 1.165) is 31.7 Å². The van der Waals surface area contributed by atoms with Crippen molar-refractivity contribution in [2.75, 3.05) is 33.2 Å². The van der Waals surface area contributed by atoms with Gasteiger partial charge in [0.25, 0.3) is 0 Å². The van der Waals surface area contributed by atoms with E-state index in [1.165, 1.54) is 0 Å². The van der Waals surface area contributed by atoms with Crippen molar-refractivity contribution in [3.63, 3.8) is 0 Å². The fraction of sp³-hybridized carbons (Fsp3) is 0.579. The minimum Gasteiger partial charge on any atom is -0.480 e. The number of aliphatic carboxylic acids is 1. The highest BCUT2D eigenvalue weighted by Crippen LogP contribution is 2.23. The van der Waals surface area contributed by atoms with Crippen molar-refractivity contribution < 1.29 is 14.7 Å². The highest BCUT2D eigenvalue weighted by molar-refractivity contribution is 5.87. The molecule has 6 heteroatoms. The third kappa shape index (κ3) is 5.54. The van der Waals surface area contributed by atoms with Crippen LogP contribution in [0.2, 0.25) is 0 Å². The molecule has 25 heavy (non-hydrogen) atoms. The maximum atomic E-state index is 13.0. The van der Waals surface area contributed by atoms with Crippen molar-refractivity contribution in [2.45, 2.75) is 32.4 Å². The number of hydrogen-bond acceptors (Lipinski definition) is 4. The van der Waals surface area contributed by atoms with E-state index in [9.17, 15) is 14.7 Å². The summed E-state index contributed by atoms with van der Waals surface area (Å²) >= 11 is 0. The number of benzene rings is 1.